The maximum absolute atomic E-state index is 13.5. The number of halogens is 2. The van der Waals surface area contributed by atoms with Crippen LogP contribution in [0.3, 0.4) is 0 Å². The van der Waals surface area contributed by atoms with Crippen molar-refractivity contribution in [2.45, 2.75) is 25.7 Å². The Morgan fingerprint density at radius 3 is 2.68 bits per heavy atom. The van der Waals surface area contributed by atoms with E-state index in [1.54, 1.807) is 12.1 Å². The Kier molecular flexibility index (Phi) is 7.12. The SMILES string of the molecule is O=C(NCCc1cc(Br)ccc1F)NCCN1CCCCC1. The molecule has 0 radical (unpaired) electrons. The zero-order valence-electron chi connectivity index (χ0n) is 12.7. The molecule has 2 amide bonds. The van der Waals surface area contributed by atoms with E-state index in [0.29, 0.717) is 25.1 Å². The highest BCUT2D eigenvalue weighted by molar-refractivity contribution is 9.10. The molecule has 2 rings (SSSR count). The summed E-state index contributed by atoms with van der Waals surface area (Å²) in [4.78, 5) is 14.1. The lowest BCUT2D eigenvalue weighted by Crippen LogP contribution is -2.42. The van der Waals surface area contributed by atoms with E-state index in [1.807, 2.05) is 0 Å². The molecule has 0 atom stereocenters. The number of urea groups is 1. The van der Waals surface area contributed by atoms with Crippen molar-refractivity contribution in [3.05, 3.63) is 34.1 Å². The van der Waals surface area contributed by atoms with Crippen molar-refractivity contribution in [3.8, 4) is 0 Å². The number of carbonyl (C=O) groups excluding carboxylic acids is 1. The van der Waals surface area contributed by atoms with Crippen molar-refractivity contribution in [2.24, 2.45) is 0 Å². The van der Waals surface area contributed by atoms with Crippen LogP contribution in [-0.4, -0.2) is 43.7 Å². The van der Waals surface area contributed by atoms with Crippen LogP contribution in [0.15, 0.2) is 22.7 Å². The number of benzene rings is 1. The normalized spacial score (nSPS) is 15.5. The molecule has 1 heterocycles. The molecule has 0 unspecified atom stereocenters. The molecule has 0 aromatic heterocycles. The van der Waals surface area contributed by atoms with Crippen LogP contribution >= 0.6 is 15.9 Å². The van der Waals surface area contributed by atoms with Gasteiger partial charge in [-0.1, -0.05) is 22.4 Å². The maximum Gasteiger partial charge on any atom is 0.314 e. The molecule has 0 saturated carbocycles. The van der Waals surface area contributed by atoms with Crippen molar-refractivity contribution in [1.82, 2.24) is 15.5 Å². The number of carbonyl (C=O) groups is 1. The Morgan fingerprint density at radius 2 is 1.91 bits per heavy atom. The molecule has 1 aromatic rings. The second-order valence-electron chi connectivity index (χ2n) is 5.57. The van der Waals surface area contributed by atoms with E-state index in [2.05, 4.69) is 31.5 Å². The largest absolute Gasteiger partial charge is 0.338 e. The maximum atomic E-state index is 13.5. The van der Waals surface area contributed by atoms with E-state index in [4.69, 9.17) is 0 Å². The van der Waals surface area contributed by atoms with Crippen LogP contribution in [0, 0.1) is 5.82 Å². The molecule has 1 aliphatic heterocycles. The highest BCUT2D eigenvalue weighted by atomic mass is 79.9. The summed E-state index contributed by atoms with van der Waals surface area (Å²) < 4.78 is 14.4. The van der Waals surface area contributed by atoms with Crippen molar-refractivity contribution in [2.75, 3.05) is 32.7 Å². The molecule has 22 heavy (non-hydrogen) atoms. The molecule has 1 aliphatic rings. The van der Waals surface area contributed by atoms with E-state index in [9.17, 15) is 9.18 Å². The summed E-state index contributed by atoms with van der Waals surface area (Å²) in [6.45, 7) is 4.23. The quantitative estimate of drug-likeness (QED) is 0.807. The number of hydrogen-bond donors (Lipinski definition) is 2. The molecular formula is C16H23BrFN3O. The summed E-state index contributed by atoms with van der Waals surface area (Å²) in [5.74, 6) is -0.240. The van der Waals surface area contributed by atoms with Gasteiger partial charge in [-0.2, -0.15) is 0 Å². The number of amides is 2. The Hall–Kier alpha value is -1.14. The number of likely N-dealkylation sites (tertiary alicyclic amines) is 1. The standard InChI is InChI=1S/C16H23BrFN3O/c17-14-4-5-15(18)13(12-14)6-7-19-16(22)20-8-11-21-9-2-1-3-10-21/h4-5,12H,1-3,6-11H2,(H2,19,20,22). The lowest BCUT2D eigenvalue weighted by atomic mass is 10.1. The summed E-state index contributed by atoms with van der Waals surface area (Å²) in [5, 5.41) is 5.61. The third-order valence-electron chi connectivity index (χ3n) is 3.85. The van der Waals surface area contributed by atoms with Gasteiger partial charge in [-0.25, -0.2) is 9.18 Å². The number of piperidine rings is 1. The molecule has 1 saturated heterocycles. The van der Waals surface area contributed by atoms with Crippen LogP contribution in [0.5, 0.6) is 0 Å². The first-order valence-corrected chi connectivity index (χ1v) is 8.62. The van der Waals surface area contributed by atoms with Gasteiger partial charge in [0.15, 0.2) is 0 Å². The second kappa shape index (κ2) is 9.10. The highest BCUT2D eigenvalue weighted by Gasteiger charge is 2.10. The van der Waals surface area contributed by atoms with Gasteiger partial charge in [0, 0.05) is 24.1 Å². The molecule has 4 nitrogen and oxygen atoms in total. The van der Waals surface area contributed by atoms with Crippen LogP contribution in [-0.2, 0) is 6.42 Å². The predicted octanol–water partition coefficient (Wildman–Crippen LogP) is 2.92. The van der Waals surface area contributed by atoms with E-state index < -0.39 is 0 Å². The minimum atomic E-state index is -0.240. The lowest BCUT2D eigenvalue weighted by Gasteiger charge is -2.26. The zero-order chi connectivity index (χ0) is 15.8. The van der Waals surface area contributed by atoms with Gasteiger partial charge < -0.3 is 15.5 Å². The fraction of sp³-hybridized carbons (Fsp3) is 0.562. The Bertz CT molecular complexity index is 492. The smallest absolute Gasteiger partial charge is 0.314 e. The highest BCUT2D eigenvalue weighted by Crippen LogP contribution is 2.15. The summed E-state index contributed by atoms with van der Waals surface area (Å²) in [5.41, 5.74) is 0.600. The average Bonchev–Trinajstić information content (AvgIpc) is 2.52. The van der Waals surface area contributed by atoms with E-state index in [1.165, 1.54) is 25.3 Å². The molecule has 2 N–H and O–H groups in total. The predicted molar refractivity (Wildman–Crippen MR) is 89.5 cm³/mol. The molecule has 0 bridgehead atoms. The van der Waals surface area contributed by atoms with Gasteiger partial charge in [0.1, 0.15) is 5.82 Å². The van der Waals surface area contributed by atoms with Crippen LogP contribution in [0.2, 0.25) is 0 Å². The number of hydrogen-bond acceptors (Lipinski definition) is 2. The molecular weight excluding hydrogens is 349 g/mol. The third-order valence-corrected chi connectivity index (χ3v) is 4.34. The van der Waals surface area contributed by atoms with Crippen LogP contribution < -0.4 is 10.6 Å². The molecule has 122 valence electrons. The summed E-state index contributed by atoms with van der Waals surface area (Å²) in [6, 6.07) is 4.65. The van der Waals surface area contributed by atoms with Gasteiger partial charge in [0.25, 0.3) is 0 Å². The Balaban J connectivity index is 1.60. The van der Waals surface area contributed by atoms with Gasteiger partial charge in [0.05, 0.1) is 0 Å². The van der Waals surface area contributed by atoms with Gasteiger partial charge in [-0.05, 0) is 56.1 Å². The monoisotopic (exact) mass is 371 g/mol. The molecule has 1 aromatic carbocycles. The van der Waals surface area contributed by atoms with Gasteiger partial charge in [-0.3, -0.25) is 0 Å². The number of nitrogens with one attached hydrogen (secondary N) is 2. The summed E-state index contributed by atoms with van der Waals surface area (Å²) >= 11 is 3.32. The lowest BCUT2D eigenvalue weighted by molar-refractivity contribution is 0.220. The van der Waals surface area contributed by atoms with Crippen molar-refractivity contribution in [3.63, 3.8) is 0 Å². The molecule has 0 spiro atoms. The summed E-state index contributed by atoms with van der Waals surface area (Å²) in [6.07, 6.45) is 4.30. The third kappa shape index (κ3) is 5.93. The zero-order valence-corrected chi connectivity index (χ0v) is 14.3. The first kappa shape index (κ1) is 17.2. The van der Waals surface area contributed by atoms with Crippen LogP contribution in [0.4, 0.5) is 9.18 Å². The Labute approximate surface area is 139 Å². The van der Waals surface area contributed by atoms with E-state index in [0.717, 1.165) is 24.1 Å². The van der Waals surface area contributed by atoms with Crippen LogP contribution in [0.25, 0.3) is 0 Å². The van der Waals surface area contributed by atoms with E-state index >= 15 is 0 Å². The van der Waals surface area contributed by atoms with Crippen molar-refractivity contribution < 1.29 is 9.18 Å². The topological polar surface area (TPSA) is 44.4 Å². The molecule has 6 heteroatoms. The minimum absolute atomic E-state index is 0.188. The van der Waals surface area contributed by atoms with Crippen molar-refractivity contribution >= 4 is 22.0 Å². The molecule has 1 fully saturated rings. The van der Waals surface area contributed by atoms with Crippen LogP contribution in [0.1, 0.15) is 24.8 Å². The summed E-state index contributed by atoms with van der Waals surface area (Å²) in [7, 11) is 0. The van der Waals surface area contributed by atoms with Gasteiger partial charge in [0.2, 0.25) is 0 Å². The van der Waals surface area contributed by atoms with E-state index in [-0.39, 0.29) is 11.8 Å². The number of rotatable bonds is 6. The average molecular weight is 372 g/mol. The fourth-order valence-electron chi connectivity index (χ4n) is 2.62. The van der Waals surface area contributed by atoms with Crippen molar-refractivity contribution in [1.29, 1.82) is 0 Å². The Morgan fingerprint density at radius 1 is 1.18 bits per heavy atom. The first-order chi connectivity index (χ1) is 10.6. The molecule has 0 aliphatic carbocycles. The second-order valence-corrected chi connectivity index (χ2v) is 6.49. The number of nitrogens with zero attached hydrogens (tertiary/aromatic N) is 1. The minimum Gasteiger partial charge on any atom is -0.338 e. The van der Waals surface area contributed by atoms with Gasteiger partial charge in [-0.15, -0.1) is 0 Å². The van der Waals surface area contributed by atoms with Gasteiger partial charge >= 0.3 is 6.03 Å². The first-order valence-electron chi connectivity index (χ1n) is 7.83. The fourth-order valence-corrected chi connectivity index (χ4v) is 3.03.